The summed E-state index contributed by atoms with van der Waals surface area (Å²) < 4.78 is 29.7. The van der Waals surface area contributed by atoms with Crippen LogP contribution in [0.4, 0.5) is 14.7 Å². The van der Waals surface area contributed by atoms with Gasteiger partial charge >= 0.3 is 11.8 Å². The largest absolute Gasteiger partial charge is 0.433 e. The molecule has 0 saturated carbocycles. The van der Waals surface area contributed by atoms with Crippen molar-refractivity contribution < 1.29 is 18.1 Å². The van der Waals surface area contributed by atoms with Gasteiger partial charge in [0.15, 0.2) is 5.76 Å². The van der Waals surface area contributed by atoms with Crippen LogP contribution in [-0.4, -0.2) is 11.5 Å². The molecule has 0 fully saturated rings. The van der Waals surface area contributed by atoms with Crippen molar-refractivity contribution >= 4 is 5.88 Å². The predicted octanol–water partition coefficient (Wildman–Crippen LogP) is 1.24. The Kier molecular flexibility index (Phi) is 2.28. The Labute approximate surface area is 71.3 Å². The molecule has 0 aromatic carbocycles. The molecule has 0 atom stereocenters. The molecule has 0 spiro atoms. The molecule has 0 saturated heterocycles. The van der Waals surface area contributed by atoms with Gasteiger partial charge in [-0.15, -0.1) is 0 Å². The molecule has 0 aliphatic heterocycles. The van der Waals surface area contributed by atoms with Crippen molar-refractivity contribution in [3.8, 4) is 0 Å². The second kappa shape index (κ2) is 3.09. The zero-order chi connectivity index (χ0) is 10.1. The maximum atomic E-state index is 12.7. The van der Waals surface area contributed by atoms with E-state index in [4.69, 9.17) is 5.73 Å². The van der Waals surface area contributed by atoms with Crippen LogP contribution in [0.3, 0.4) is 0 Å². The summed E-state index contributed by atoms with van der Waals surface area (Å²) in [7, 11) is 0. The number of halogens is 2. The van der Waals surface area contributed by atoms with E-state index >= 15 is 0 Å². The SMILES string of the molecule is NCC(F)(F)c1ccc([N+](=O)[O-])o1. The van der Waals surface area contributed by atoms with E-state index in [0.717, 1.165) is 12.1 Å². The van der Waals surface area contributed by atoms with E-state index < -0.39 is 29.0 Å². The third-order valence-corrected chi connectivity index (χ3v) is 1.39. The number of nitrogens with two attached hydrogens (primary N) is 1. The molecule has 1 aromatic rings. The molecule has 5 nitrogen and oxygen atoms in total. The van der Waals surface area contributed by atoms with Crippen LogP contribution in [0.15, 0.2) is 16.5 Å². The van der Waals surface area contributed by atoms with E-state index in [2.05, 4.69) is 4.42 Å². The fourth-order valence-corrected chi connectivity index (χ4v) is 0.723. The summed E-state index contributed by atoms with van der Waals surface area (Å²) in [5, 5.41) is 10.1. The quantitative estimate of drug-likeness (QED) is 0.576. The zero-order valence-corrected chi connectivity index (χ0v) is 6.37. The van der Waals surface area contributed by atoms with Crippen molar-refractivity contribution in [3.05, 3.63) is 28.0 Å². The highest BCUT2D eigenvalue weighted by molar-refractivity contribution is 5.20. The lowest BCUT2D eigenvalue weighted by Gasteiger charge is -2.08. The van der Waals surface area contributed by atoms with E-state index in [1.165, 1.54) is 0 Å². The van der Waals surface area contributed by atoms with Crippen molar-refractivity contribution in [2.45, 2.75) is 5.92 Å². The standard InChI is InChI=1S/C6H6F2N2O3/c7-6(8,3-9)4-1-2-5(13-4)10(11)12/h1-2H,3,9H2. The summed E-state index contributed by atoms with van der Waals surface area (Å²) >= 11 is 0. The van der Waals surface area contributed by atoms with Crippen molar-refractivity contribution in [1.82, 2.24) is 0 Å². The molecule has 0 amide bonds. The number of nitrogens with zero attached hydrogens (tertiary/aromatic N) is 1. The molecular formula is C6H6F2N2O3. The fourth-order valence-electron chi connectivity index (χ4n) is 0.723. The summed E-state index contributed by atoms with van der Waals surface area (Å²) in [6.07, 6.45) is 0. The average molecular weight is 192 g/mol. The second-order valence-electron chi connectivity index (χ2n) is 2.30. The molecule has 7 heteroatoms. The highest BCUT2D eigenvalue weighted by atomic mass is 19.3. The third-order valence-electron chi connectivity index (χ3n) is 1.39. The number of furan rings is 1. The van der Waals surface area contributed by atoms with Gasteiger partial charge in [-0.05, 0) is 6.07 Å². The van der Waals surface area contributed by atoms with Crippen molar-refractivity contribution in [2.75, 3.05) is 6.54 Å². The summed E-state index contributed by atoms with van der Waals surface area (Å²) in [6, 6.07) is 1.70. The van der Waals surface area contributed by atoms with Crippen LogP contribution in [0, 0.1) is 10.1 Å². The molecular weight excluding hydrogens is 186 g/mol. The molecule has 72 valence electrons. The van der Waals surface area contributed by atoms with Gasteiger partial charge in [0.05, 0.1) is 12.6 Å². The molecule has 13 heavy (non-hydrogen) atoms. The Bertz CT molecular complexity index is 323. The van der Waals surface area contributed by atoms with Crippen LogP contribution in [0.25, 0.3) is 0 Å². The monoisotopic (exact) mass is 192 g/mol. The first-order valence-corrected chi connectivity index (χ1v) is 3.30. The topological polar surface area (TPSA) is 82.3 Å². The van der Waals surface area contributed by atoms with Crippen molar-refractivity contribution in [2.24, 2.45) is 5.73 Å². The summed E-state index contributed by atoms with van der Waals surface area (Å²) in [6.45, 7) is -0.947. The van der Waals surface area contributed by atoms with Crippen LogP contribution in [-0.2, 0) is 5.92 Å². The van der Waals surface area contributed by atoms with Crippen LogP contribution >= 0.6 is 0 Å². The number of hydrogen-bond acceptors (Lipinski definition) is 4. The van der Waals surface area contributed by atoms with E-state index in [0.29, 0.717) is 0 Å². The van der Waals surface area contributed by atoms with E-state index in [9.17, 15) is 18.9 Å². The first kappa shape index (κ1) is 9.59. The molecule has 0 unspecified atom stereocenters. The highest BCUT2D eigenvalue weighted by Crippen LogP contribution is 2.30. The fraction of sp³-hybridized carbons (Fsp3) is 0.333. The summed E-state index contributed by atoms with van der Waals surface area (Å²) in [4.78, 5) is 9.17. The Morgan fingerprint density at radius 3 is 2.62 bits per heavy atom. The van der Waals surface area contributed by atoms with E-state index in [1.54, 1.807) is 0 Å². The van der Waals surface area contributed by atoms with Gasteiger partial charge in [0.1, 0.15) is 4.92 Å². The van der Waals surface area contributed by atoms with Gasteiger partial charge in [0, 0.05) is 0 Å². The minimum Gasteiger partial charge on any atom is -0.399 e. The average Bonchev–Trinajstić information content (AvgIpc) is 2.52. The van der Waals surface area contributed by atoms with Gasteiger partial charge < -0.3 is 10.2 Å². The Balaban J connectivity index is 2.98. The Morgan fingerprint density at radius 1 is 1.62 bits per heavy atom. The maximum absolute atomic E-state index is 12.7. The van der Waals surface area contributed by atoms with Gasteiger partial charge in [0.25, 0.3) is 0 Å². The molecule has 0 radical (unpaired) electrons. The van der Waals surface area contributed by atoms with E-state index in [1.807, 2.05) is 0 Å². The lowest BCUT2D eigenvalue weighted by molar-refractivity contribution is -0.402. The van der Waals surface area contributed by atoms with Gasteiger partial charge in [-0.2, -0.15) is 8.78 Å². The molecule has 1 heterocycles. The van der Waals surface area contributed by atoms with Gasteiger partial charge in [-0.25, -0.2) is 0 Å². The molecule has 0 aliphatic rings. The summed E-state index contributed by atoms with van der Waals surface area (Å²) in [5.41, 5.74) is 4.74. The Morgan fingerprint density at radius 2 is 2.23 bits per heavy atom. The second-order valence-corrected chi connectivity index (χ2v) is 2.30. The zero-order valence-electron chi connectivity index (χ0n) is 6.37. The van der Waals surface area contributed by atoms with Gasteiger partial charge in [-0.1, -0.05) is 0 Å². The molecule has 1 aromatic heterocycles. The number of rotatable bonds is 3. The van der Waals surface area contributed by atoms with Crippen molar-refractivity contribution in [1.29, 1.82) is 0 Å². The lowest BCUT2D eigenvalue weighted by atomic mass is 10.2. The minimum absolute atomic E-state index is 0.719. The Hall–Kier alpha value is -1.50. The minimum atomic E-state index is -3.35. The summed E-state index contributed by atoms with van der Waals surface area (Å²) in [5.74, 6) is -4.86. The number of hydrogen-bond donors (Lipinski definition) is 1. The number of nitro groups is 1. The lowest BCUT2D eigenvalue weighted by Crippen LogP contribution is -2.24. The first-order chi connectivity index (χ1) is 5.97. The van der Waals surface area contributed by atoms with Crippen LogP contribution in [0.2, 0.25) is 0 Å². The maximum Gasteiger partial charge on any atom is 0.433 e. The normalized spacial score (nSPS) is 11.6. The molecule has 0 aliphatic carbocycles. The van der Waals surface area contributed by atoms with E-state index in [-0.39, 0.29) is 0 Å². The van der Waals surface area contributed by atoms with Gasteiger partial charge in [-0.3, -0.25) is 10.1 Å². The molecule has 1 rings (SSSR count). The van der Waals surface area contributed by atoms with Crippen LogP contribution in [0.5, 0.6) is 0 Å². The number of alkyl halides is 2. The van der Waals surface area contributed by atoms with Crippen LogP contribution < -0.4 is 5.73 Å². The third kappa shape index (κ3) is 1.81. The predicted molar refractivity (Wildman–Crippen MR) is 38.3 cm³/mol. The highest BCUT2D eigenvalue weighted by Gasteiger charge is 2.35. The van der Waals surface area contributed by atoms with Crippen LogP contribution in [0.1, 0.15) is 5.76 Å². The molecule has 0 bridgehead atoms. The molecule has 2 N–H and O–H groups in total. The van der Waals surface area contributed by atoms with Gasteiger partial charge in [0.2, 0.25) is 0 Å². The van der Waals surface area contributed by atoms with Crippen molar-refractivity contribution in [3.63, 3.8) is 0 Å². The smallest absolute Gasteiger partial charge is 0.399 e. The first-order valence-electron chi connectivity index (χ1n) is 3.30.